The highest BCUT2D eigenvalue weighted by Gasteiger charge is 2.22. The molecular weight excluding hydrogens is 412 g/mol. The van der Waals surface area contributed by atoms with Crippen LogP contribution in [0.1, 0.15) is 16.7 Å². The molecule has 164 valence electrons. The van der Waals surface area contributed by atoms with Crippen LogP contribution in [-0.4, -0.2) is 24.9 Å². The molecule has 0 saturated heterocycles. The number of hydrogen-bond donors (Lipinski definition) is 4. The zero-order valence-electron chi connectivity index (χ0n) is 18.3. The van der Waals surface area contributed by atoms with Gasteiger partial charge in [-0.25, -0.2) is 4.98 Å². The van der Waals surface area contributed by atoms with Crippen LogP contribution in [0.5, 0.6) is 5.75 Å². The molecule has 0 bridgehead atoms. The topological polar surface area (TPSA) is 105 Å². The van der Waals surface area contributed by atoms with Crippen LogP contribution in [0.2, 0.25) is 0 Å². The third-order valence-electron chi connectivity index (χ3n) is 6.34. The second kappa shape index (κ2) is 7.58. The van der Waals surface area contributed by atoms with Gasteiger partial charge < -0.3 is 21.1 Å². The fraction of sp³-hybridized carbons (Fsp3) is 0.154. The summed E-state index contributed by atoms with van der Waals surface area (Å²) in [7, 11) is 1.82. The average molecular weight is 437 g/mol. The van der Waals surface area contributed by atoms with E-state index in [1.807, 2.05) is 43.4 Å². The zero-order chi connectivity index (χ0) is 22.5. The Labute approximate surface area is 190 Å². The van der Waals surface area contributed by atoms with Gasteiger partial charge in [0.05, 0.1) is 11.0 Å². The molecule has 6 rings (SSSR count). The number of aromatic amines is 1. The zero-order valence-corrected chi connectivity index (χ0v) is 18.3. The van der Waals surface area contributed by atoms with Crippen molar-refractivity contribution in [1.29, 1.82) is 0 Å². The van der Waals surface area contributed by atoms with Crippen molar-refractivity contribution < 1.29 is 5.11 Å². The number of nitrogens with one attached hydrogen (secondary N) is 2. The smallest absolute Gasteiger partial charge is 0.173 e. The molecule has 33 heavy (non-hydrogen) atoms. The van der Waals surface area contributed by atoms with E-state index in [0.717, 1.165) is 46.4 Å². The van der Waals surface area contributed by atoms with E-state index in [1.165, 1.54) is 11.1 Å². The van der Waals surface area contributed by atoms with Crippen molar-refractivity contribution in [1.82, 2.24) is 25.1 Å². The molecule has 0 aliphatic carbocycles. The summed E-state index contributed by atoms with van der Waals surface area (Å²) in [5, 5.41) is 19.1. The van der Waals surface area contributed by atoms with Crippen LogP contribution in [0.3, 0.4) is 0 Å². The standard InChI is InChI=1S/C26H24N6O/c1-32-24(26-29-21-10-19-13-28-14-20(19)11-22(21)30-26)25(33)23(31-32)17-7-5-16(6-8-17)18-4-2-3-15(9-18)12-27/h2-11,28,33H,12-14,27H2,1H3,(H,29,30). The molecule has 5 N–H and O–H groups in total. The Morgan fingerprint density at radius 2 is 1.73 bits per heavy atom. The van der Waals surface area contributed by atoms with Crippen LogP contribution in [0, 0.1) is 0 Å². The van der Waals surface area contributed by atoms with Crippen LogP contribution in [0.4, 0.5) is 0 Å². The minimum Gasteiger partial charge on any atom is -0.504 e. The number of nitrogens with zero attached hydrogens (tertiary/aromatic N) is 3. The summed E-state index contributed by atoms with van der Waals surface area (Å²) in [6.45, 7) is 2.24. The number of nitrogens with two attached hydrogens (primary N) is 1. The minimum atomic E-state index is 0.114. The number of fused-ring (bicyclic) bond motifs is 2. The van der Waals surface area contributed by atoms with Gasteiger partial charge in [0.25, 0.3) is 0 Å². The molecule has 1 aliphatic rings. The molecule has 7 heteroatoms. The third kappa shape index (κ3) is 3.29. The fourth-order valence-corrected chi connectivity index (χ4v) is 4.59. The van der Waals surface area contributed by atoms with E-state index in [0.29, 0.717) is 23.8 Å². The molecule has 0 atom stereocenters. The third-order valence-corrected chi connectivity index (χ3v) is 6.34. The normalized spacial score (nSPS) is 13.0. The van der Waals surface area contributed by atoms with Gasteiger partial charge in [-0.15, -0.1) is 0 Å². The van der Waals surface area contributed by atoms with Crippen molar-refractivity contribution in [2.45, 2.75) is 19.6 Å². The van der Waals surface area contributed by atoms with Crippen LogP contribution < -0.4 is 11.1 Å². The molecule has 2 aromatic heterocycles. The number of rotatable bonds is 4. The Morgan fingerprint density at radius 3 is 2.52 bits per heavy atom. The first-order valence-electron chi connectivity index (χ1n) is 11.0. The van der Waals surface area contributed by atoms with Gasteiger partial charge in [0, 0.05) is 32.2 Å². The Balaban J connectivity index is 1.36. The number of benzene rings is 3. The number of aromatic hydroxyl groups is 1. The Hall–Kier alpha value is -3.94. The molecule has 0 fully saturated rings. The summed E-state index contributed by atoms with van der Waals surface area (Å²) >= 11 is 0. The Kier molecular flexibility index (Phi) is 4.53. The molecule has 3 heterocycles. The van der Waals surface area contributed by atoms with E-state index >= 15 is 0 Å². The molecule has 0 spiro atoms. The molecule has 3 aromatic carbocycles. The predicted octanol–water partition coefficient (Wildman–Crippen LogP) is 4.06. The molecule has 1 aliphatic heterocycles. The van der Waals surface area contributed by atoms with E-state index in [-0.39, 0.29) is 5.75 Å². The van der Waals surface area contributed by atoms with Gasteiger partial charge >= 0.3 is 0 Å². The maximum absolute atomic E-state index is 11.1. The van der Waals surface area contributed by atoms with Gasteiger partial charge in [-0.3, -0.25) is 4.68 Å². The quantitative estimate of drug-likeness (QED) is 0.340. The maximum Gasteiger partial charge on any atom is 0.173 e. The van der Waals surface area contributed by atoms with Crippen LogP contribution in [0.25, 0.3) is 44.9 Å². The lowest BCUT2D eigenvalue weighted by molar-refractivity contribution is 0.478. The van der Waals surface area contributed by atoms with Crippen molar-refractivity contribution in [3.05, 3.63) is 77.4 Å². The SMILES string of the molecule is Cn1nc(-c2ccc(-c3cccc(CN)c3)cc2)c(O)c1-c1nc2cc3c(cc2[nH]1)CNC3. The van der Waals surface area contributed by atoms with Gasteiger partial charge in [0.15, 0.2) is 11.6 Å². The van der Waals surface area contributed by atoms with Crippen molar-refractivity contribution in [3.63, 3.8) is 0 Å². The molecule has 0 amide bonds. The van der Waals surface area contributed by atoms with Gasteiger partial charge in [-0.2, -0.15) is 5.10 Å². The fourth-order valence-electron chi connectivity index (χ4n) is 4.59. The Morgan fingerprint density at radius 1 is 0.970 bits per heavy atom. The Bertz CT molecular complexity index is 1450. The van der Waals surface area contributed by atoms with Gasteiger partial charge in [-0.05, 0) is 46.0 Å². The highest BCUT2D eigenvalue weighted by molar-refractivity contribution is 5.84. The van der Waals surface area contributed by atoms with Crippen LogP contribution >= 0.6 is 0 Å². The summed E-state index contributed by atoms with van der Waals surface area (Å²) in [5.74, 6) is 0.722. The number of H-pyrrole nitrogens is 1. The number of aromatic nitrogens is 4. The average Bonchev–Trinajstić information content (AvgIpc) is 3.53. The monoisotopic (exact) mass is 436 g/mol. The summed E-state index contributed by atoms with van der Waals surface area (Å²) in [5.41, 5.74) is 15.4. The lowest BCUT2D eigenvalue weighted by atomic mass is 10.0. The minimum absolute atomic E-state index is 0.114. The molecule has 0 radical (unpaired) electrons. The van der Waals surface area contributed by atoms with Crippen molar-refractivity contribution >= 4 is 11.0 Å². The van der Waals surface area contributed by atoms with E-state index in [1.54, 1.807) is 4.68 Å². The van der Waals surface area contributed by atoms with Gasteiger partial charge in [0.1, 0.15) is 11.4 Å². The van der Waals surface area contributed by atoms with Crippen molar-refractivity contribution in [2.24, 2.45) is 12.8 Å². The van der Waals surface area contributed by atoms with E-state index in [2.05, 4.69) is 39.7 Å². The second-order valence-electron chi connectivity index (χ2n) is 8.48. The van der Waals surface area contributed by atoms with Crippen molar-refractivity contribution in [2.75, 3.05) is 0 Å². The highest BCUT2D eigenvalue weighted by atomic mass is 16.3. The lowest BCUT2D eigenvalue weighted by Crippen LogP contribution is -1.99. The summed E-state index contributed by atoms with van der Waals surface area (Å²) in [4.78, 5) is 8.10. The largest absolute Gasteiger partial charge is 0.504 e. The highest BCUT2D eigenvalue weighted by Crippen LogP contribution is 2.38. The van der Waals surface area contributed by atoms with Gasteiger partial charge in [-0.1, -0.05) is 42.5 Å². The molecule has 0 saturated carbocycles. The molecule has 0 unspecified atom stereocenters. The first-order valence-corrected chi connectivity index (χ1v) is 11.0. The first kappa shape index (κ1) is 19.7. The van der Waals surface area contributed by atoms with E-state index in [4.69, 9.17) is 10.7 Å². The number of imidazole rings is 1. The first-order chi connectivity index (χ1) is 16.1. The van der Waals surface area contributed by atoms with Gasteiger partial charge in [0.2, 0.25) is 0 Å². The van der Waals surface area contributed by atoms with Crippen molar-refractivity contribution in [3.8, 4) is 39.7 Å². The van der Waals surface area contributed by atoms with E-state index < -0.39 is 0 Å². The second-order valence-corrected chi connectivity index (χ2v) is 8.48. The summed E-state index contributed by atoms with van der Waals surface area (Å²) in [6.07, 6.45) is 0. The summed E-state index contributed by atoms with van der Waals surface area (Å²) in [6, 6.07) is 20.5. The maximum atomic E-state index is 11.1. The summed E-state index contributed by atoms with van der Waals surface area (Å²) < 4.78 is 1.68. The van der Waals surface area contributed by atoms with Crippen LogP contribution in [0.15, 0.2) is 60.7 Å². The molecule has 7 nitrogen and oxygen atoms in total. The molecule has 5 aromatic rings. The lowest BCUT2D eigenvalue weighted by Gasteiger charge is -2.05. The van der Waals surface area contributed by atoms with Crippen LogP contribution in [-0.2, 0) is 26.7 Å². The van der Waals surface area contributed by atoms with E-state index in [9.17, 15) is 5.11 Å². The predicted molar refractivity (Wildman–Crippen MR) is 129 cm³/mol. The number of hydrogen-bond acceptors (Lipinski definition) is 5. The molecular formula is C26H24N6O. The number of aryl methyl sites for hydroxylation is 1.